The van der Waals surface area contributed by atoms with Gasteiger partial charge in [-0.15, -0.1) is 0 Å². The molecule has 0 aromatic heterocycles. The van der Waals surface area contributed by atoms with Crippen LogP contribution < -0.4 is 24.8 Å². The summed E-state index contributed by atoms with van der Waals surface area (Å²) in [6.07, 6.45) is 6.44. The van der Waals surface area contributed by atoms with Gasteiger partial charge in [0.15, 0.2) is 0 Å². The van der Waals surface area contributed by atoms with E-state index in [1.54, 1.807) is 22.3 Å². The van der Waals surface area contributed by atoms with Gasteiger partial charge < -0.3 is 24.8 Å². The van der Waals surface area contributed by atoms with E-state index in [-0.39, 0.29) is 30.2 Å². The molecule has 2 aromatic rings. The Morgan fingerprint density at radius 1 is 0.882 bits per heavy atom. The zero-order valence-corrected chi connectivity index (χ0v) is 26.7. The van der Waals surface area contributed by atoms with Crippen molar-refractivity contribution in [3.8, 4) is 0 Å². The maximum absolute atomic E-state index is 2.70. The molecular weight excluding hydrogens is 551 g/mol. The van der Waals surface area contributed by atoms with Crippen LogP contribution in [-0.2, 0) is 26.8 Å². The number of rotatable bonds is 6. The Bertz CT molecular complexity index is 1160. The number of hydrogen-bond acceptors (Lipinski definition) is 0. The summed E-state index contributed by atoms with van der Waals surface area (Å²) >= 11 is -1.91. The number of fused-ring (bicyclic) bond motifs is 1. The third-order valence-electron chi connectivity index (χ3n) is 7.78. The van der Waals surface area contributed by atoms with Crippen LogP contribution in [0, 0.1) is 5.92 Å². The van der Waals surface area contributed by atoms with Gasteiger partial charge in [0.2, 0.25) is 0 Å². The molecule has 2 atom stereocenters. The molecule has 0 saturated carbocycles. The molecule has 4 rings (SSSR count). The molecule has 0 N–H and O–H groups in total. The Morgan fingerprint density at radius 2 is 1.53 bits per heavy atom. The van der Waals surface area contributed by atoms with Gasteiger partial charge in [-0.3, -0.25) is 0 Å². The molecule has 0 fully saturated rings. The minimum absolute atomic E-state index is 0. The standard InChI is InChI=1S/C19H19.C9H13.C2H6Si.2ClH.Zr/c1-2-3-6-15-9-11-17(12-10-15)19-14-13-16-7-4-5-8-18(16)19;1-6-5-7(2)9(4)8(6)3;1-3-2;;;/h4-5,7-14H,2-3,6H2,1H3;6H,1-4H3;1-2H3;2*1H;/q;;;;;+2/p-2. The molecule has 0 spiro atoms. The van der Waals surface area contributed by atoms with E-state index < -0.39 is 20.4 Å². The maximum Gasteiger partial charge on any atom is -1.00 e. The zero-order valence-electron chi connectivity index (χ0n) is 21.7. The molecule has 180 valence electrons. The fourth-order valence-electron chi connectivity index (χ4n) is 5.63. The predicted molar refractivity (Wildman–Crippen MR) is 139 cm³/mol. The molecule has 2 unspecified atom stereocenters. The van der Waals surface area contributed by atoms with Gasteiger partial charge >= 0.3 is 205 Å². The normalized spacial score (nSPS) is 18.6. The van der Waals surface area contributed by atoms with Crippen LogP contribution >= 0.6 is 0 Å². The second kappa shape index (κ2) is 12.5. The summed E-state index contributed by atoms with van der Waals surface area (Å²) in [5.74, 6) is 0.659. The third-order valence-corrected chi connectivity index (χ3v) is 26.4. The van der Waals surface area contributed by atoms with E-state index >= 15 is 0 Å². The summed E-state index contributed by atoms with van der Waals surface area (Å²) in [7, 11) is 0. The Kier molecular flexibility index (Phi) is 10.9. The molecule has 0 radical (unpaired) electrons. The van der Waals surface area contributed by atoms with Crippen molar-refractivity contribution in [3.05, 3.63) is 96.9 Å². The van der Waals surface area contributed by atoms with Crippen molar-refractivity contribution in [1.82, 2.24) is 0 Å². The average molecular weight is 589 g/mol. The maximum atomic E-state index is 2.70. The van der Waals surface area contributed by atoms with Crippen LogP contribution in [0.15, 0.2) is 74.6 Å². The molecule has 4 heteroatoms. The summed E-state index contributed by atoms with van der Waals surface area (Å²) < 4.78 is 2.59. The van der Waals surface area contributed by atoms with E-state index in [0.29, 0.717) is 9.54 Å². The molecule has 2 aliphatic carbocycles. The van der Waals surface area contributed by atoms with Gasteiger partial charge in [0, 0.05) is 0 Å². The van der Waals surface area contributed by atoms with Crippen LogP contribution in [0.4, 0.5) is 0 Å². The van der Waals surface area contributed by atoms with Crippen molar-refractivity contribution < 1.29 is 45.2 Å². The molecule has 0 heterocycles. The first kappa shape index (κ1) is 29.6. The number of benzene rings is 2. The Hall–Kier alpha value is -0.660. The van der Waals surface area contributed by atoms with E-state index in [1.807, 2.05) is 3.28 Å². The van der Waals surface area contributed by atoms with E-state index in [0.717, 1.165) is 0 Å². The molecule has 0 amide bonds. The van der Waals surface area contributed by atoms with Crippen molar-refractivity contribution in [2.24, 2.45) is 5.92 Å². The van der Waals surface area contributed by atoms with Gasteiger partial charge in [0.05, 0.1) is 0 Å². The minimum Gasteiger partial charge on any atom is -1.00 e. The van der Waals surface area contributed by atoms with Gasteiger partial charge in [-0.2, -0.15) is 0 Å². The van der Waals surface area contributed by atoms with Gasteiger partial charge in [-0.1, -0.05) is 0 Å². The van der Waals surface area contributed by atoms with E-state index in [2.05, 4.69) is 102 Å². The Morgan fingerprint density at radius 3 is 2.09 bits per heavy atom. The number of hydrogen-bond donors (Lipinski definition) is 0. The molecule has 2 aliphatic rings. The summed E-state index contributed by atoms with van der Waals surface area (Å²) in [5, 5.41) is 0. The summed E-state index contributed by atoms with van der Waals surface area (Å²) in [6.45, 7) is 17.1. The van der Waals surface area contributed by atoms with Gasteiger partial charge in [0.1, 0.15) is 0 Å². The van der Waals surface area contributed by atoms with Crippen LogP contribution in [0.5, 0.6) is 0 Å². The zero-order chi connectivity index (χ0) is 23.0. The second-order valence-electron chi connectivity index (χ2n) is 9.93. The quantitative estimate of drug-likeness (QED) is 0.456. The first-order valence-corrected chi connectivity index (χ1v) is 21.1. The Labute approximate surface area is 228 Å². The van der Waals surface area contributed by atoms with Crippen LogP contribution in [0.25, 0.3) is 5.57 Å². The van der Waals surface area contributed by atoms with Gasteiger partial charge in [0.25, 0.3) is 0 Å². The number of halogens is 2. The smallest absolute Gasteiger partial charge is 1.00 e. The molecule has 34 heavy (non-hydrogen) atoms. The molecule has 0 bridgehead atoms. The van der Waals surface area contributed by atoms with Crippen LogP contribution in [0.3, 0.4) is 0 Å². The fourth-order valence-corrected chi connectivity index (χ4v) is 25.3. The van der Waals surface area contributed by atoms with E-state index in [4.69, 9.17) is 0 Å². The Balaban J connectivity index is 0.00000204. The minimum atomic E-state index is -1.91. The van der Waals surface area contributed by atoms with Crippen molar-refractivity contribution in [2.75, 3.05) is 0 Å². The largest absolute Gasteiger partial charge is 1.00 e. The summed E-state index contributed by atoms with van der Waals surface area (Å²) in [4.78, 5) is 0. The number of aryl methyl sites for hydroxylation is 1. The number of unbranched alkanes of at least 4 members (excludes halogenated alkanes) is 1. The predicted octanol–water partition coefficient (Wildman–Crippen LogP) is 2.65. The molecular formula is C30H38Cl2SiZr. The topological polar surface area (TPSA) is 0 Å². The van der Waals surface area contributed by atoms with Crippen molar-refractivity contribution in [3.63, 3.8) is 0 Å². The van der Waals surface area contributed by atoms with Gasteiger partial charge in [-0.05, 0) is 0 Å². The van der Waals surface area contributed by atoms with E-state index in [1.165, 1.54) is 41.5 Å². The SMILES string of the molecule is CCCCc1ccc(C2=C[CH]([Zr+2]([C]3=C(C)C(C)=C(C)C3C)=[Si](C)C)c3ccccc32)cc1.[Cl-].[Cl-]. The van der Waals surface area contributed by atoms with Gasteiger partial charge in [-0.25, -0.2) is 0 Å². The monoisotopic (exact) mass is 586 g/mol. The van der Waals surface area contributed by atoms with Crippen molar-refractivity contribution in [2.45, 2.75) is 70.6 Å². The molecule has 0 nitrogen and oxygen atoms in total. The first-order valence-electron chi connectivity index (χ1n) is 12.3. The van der Waals surface area contributed by atoms with Crippen molar-refractivity contribution >= 4 is 11.0 Å². The van der Waals surface area contributed by atoms with Crippen LogP contribution in [-0.4, -0.2) is 5.43 Å². The first-order chi connectivity index (χ1) is 15.3. The fraction of sp³-hybridized carbons (Fsp3) is 0.400. The van der Waals surface area contributed by atoms with Crippen LogP contribution in [0.1, 0.15) is 73.3 Å². The second-order valence-corrected chi connectivity index (χ2v) is 27.4. The van der Waals surface area contributed by atoms with Crippen molar-refractivity contribution in [1.29, 1.82) is 0 Å². The average Bonchev–Trinajstić information content (AvgIpc) is 3.26. The summed E-state index contributed by atoms with van der Waals surface area (Å²) in [6, 6.07) is 18.8. The molecule has 0 saturated heterocycles. The van der Waals surface area contributed by atoms with E-state index in [9.17, 15) is 0 Å². The third kappa shape index (κ3) is 5.51. The molecule has 0 aliphatic heterocycles. The number of allylic oxidation sites excluding steroid dienone is 5. The summed E-state index contributed by atoms with van der Waals surface area (Å²) in [5.41, 5.74) is 12.0. The van der Waals surface area contributed by atoms with Crippen LogP contribution in [0.2, 0.25) is 13.1 Å². The molecule has 2 aromatic carbocycles.